The fourth-order valence-electron chi connectivity index (χ4n) is 8.46. The number of benzene rings is 2. The van der Waals surface area contributed by atoms with E-state index in [2.05, 4.69) is 103 Å². The minimum absolute atomic E-state index is 0.163. The summed E-state index contributed by atoms with van der Waals surface area (Å²) < 4.78 is 0. The van der Waals surface area contributed by atoms with Crippen LogP contribution in [-0.2, 0) is 6.42 Å². The Bertz CT molecular complexity index is 2140. The standard InChI is InChI=1S/C44H42N6/c1-3-45-40-28(2)12-13-33-20-23-39(49-42(33)40)50-38-22-19-34(26-36(38)27-35-11-7-25-47-44(35)50)29-14-16-30(17-15-29)37-21-18-32-10-6-9-31-8-4-5-24-46-41(31)43(32)48-37/h3-6,10,12-19,21-22,24-26,28,33,40,42H,7-9,11,20,23,27H2,1-2H3/t28-,33?,40?,42?/m1/s1. The first kappa shape index (κ1) is 30.8. The molecule has 9 rings (SSSR count). The summed E-state index contributed by atoms with van der Waals surface area (Å²) in [6.45, 7) is 4.29. The van der Waals surface area contributed by atoms with Crippen LogP contribution in [0.4, 0.5) is 5.69 Å². The summed E-state index contributed by atoms with van der Waals surface area (Å²) in [5, 5.41) is 0. The van der Waals surface area contributed by atoms with Gasteiger partial charge in [0.25, 0.3) is 0 Å². The Balaban J connectivity index is 1.04. The maximum Gasteiger partial charge on any atom is 0.137 e. The van der Waals surface area contributed by atoms with Gasteiger partial charge < -0.3 is 0 Å². The van der Waals surface area contributed by atoms with Crippen LogP contribution < -0.4 is 4.90 Å². The second kappa shape index (κ2) is 12.9. The number of hydrogen-bond acceptors (Lipinski definition) is 6. The number of allylic oxidation sites excluding steroid dienone is 5. The third-order valence-corrected chi connectivity index (χ3v) is 11.1. The van der Waals surface area contributed by atoms with Crippen molar-refractivity contribution in [3.63, 3.8) is 0 Å². The predicted octanol–water partition coefficient (Wildman–Crippen LogP) is 9.86. The SMILES string of the molecule is CC=NC1C2N=C(N3C4=C(CCC=N4)Cc4cc(-c5ccc(-c6ccc7c(n6)C6=C(CC=CC=N6)CC=C7)cc5)ccc43)CCC2C=C[C@H]1C. The fourth-order valence-corrected chi connectivity index (χ4v) is 8.46. The number of aliphatic imine (C=N–C) groups is 4. The van der Waals surface area contributed by atoms with E-state index in [1.54, 1.807) is 0 Å². The predicted molar refractivity (Wildman–Crippen MR) is 209 cm³/mol. The average Bonchev–Trinajstić information content (AvgIpc) is 3.49. The number of pyridine rings is 1. The summed E-state index contributed by atoms with van der Waals surface area (Å²) in [6, 6.07) is 20.5. The molecule has 4 aliphatic heterocycles. The van der Waals surface area contributed by atoms with Crippen molar-refractivity contribution in [1.82, 2.24) is 4.98 Å². The number of aromatic nitrogens is 1. The van der Waals surface area contributed by atoms with Gasteiger partial charge >= 0.3 is 0 Å². The molecule has 2 aliphatic carbocycles. The topological polar surface area (TPSA) is 65.6 Å². The highest BCUT2D eigenvalue weighted by molar-refractivity contribution is 6.03. The van der Waals surface area contributed by atoms with Gasteiger partial charge in [-0.15, -0.1) is 0 Å². The van der Waals surface area contributed by atoms with Gasteiger partial charge in [-0.05, 0) is 110 Å². The number of hydrogen-bond donors (Lipinski definition) is 0. The van der Waals surface area contributed by atoms with Gasteiger partial charge in [-0.2, -0.15) is 0 Å². The highest BCUT2D eigenvalue weighted by atomic mass is 15.3. The molecule has 0 bridgehead atoms. The van der Waals surface area contributed by atoms with Gasteiger partial charge in [-0.3, -0.25) is 19.9 Å². The molecule has 50 heavy (non-hydrogen) atoms. The van der Waals surface area contributed by atoms with Crippen LogP contribution in [0.3, 0.4) is 0 Å². The Hall–Kier alpha value is -5.23. The van der Waals surface area contributed by atoms with E-state index in [4.69, 9.17) is 25.0 Å². The van der Waals surface area contributed by atoms with Crippen LogP contribution in [0, 0.1) is 11.8 Å². The molecule has 4 atom stereocenters. The van der Waals surface area contributed by atoms with Crippen molar-refractivity contribution < 1.29 is 0 Å². The molecule has 0 saturated carbocycles. The first-order valence-corrected chi connectivity index (χ1v) is 18.2. The van der Waals surface area contributed by atoms with Crippen LogP contribution in [-0.4, -0.2) is 41.5 Å². The molecule has 0 N–H and O–H groups in total. The molecule has 0 amide bonds. The minimum atomic E-state index is 0.163. The van der Waals surface area contributed by atoms with Gasteiger partial charge in [-0.1, -0.05) is 73.7 Å². The number of amidine groups is 1. The smallest absolute Gasteiger partial charge is 0.137 e. The fraction of sp³-hybridized carbons (Fsp3) is 0.295. The van der Waals surface area contributed by atoms with E-state index < -0.39 is 0 Å². The largest absolute Gasteiger partial charge is 0.292 e. The Morgan fingerprint density at radius 3 is 2.64 bits per heavy atom. The Morgan fingerprint density at radius 1 is 0.880 bits per heavy atom. The molecule has 6 aliphatic rings. The van der Waals surface area contributed by atoms with Crippen LogP contribution >= 0.6 is 0 Å². The van der Waals surface area contributed by atoms with Crippen molar-refractivity contribution in [2.24, 2.45) is 31.8 Å². The highest BCUT2D eigenvalue weighted by Gasteiger charge is 2.39. The van der Waals surface area contributed by atoms with Crippen LogP contribution in [0.15, 0.2) is 122 Å². The molecule has 3 unspecified atom stereocenters. The van der Waals surface area contributed by atoms with Crippen LogP contribution in [0.1, 0.15) is 69.2 Å². The maximum absolute atomic E-state index is 5.49. The summed E-state index contributed by atoms with van der Waals surface area (Å²) in [5.74, 6) is 3.04. The van der Waals surface area contributed by atoms with E-state index in [-0.39, 0.29) is 12.1 Å². The van der Waals surface area contributed by atoms with Crippen molar-refractivity contribution in [3.05, 3.63) is 119 Å². The van der Waals surface area contributed by atoms with Crippen molar-refractivity contribution in [1.29, 1.82) is 0 Å². The number of nitrogens with zero attached hydrogens (tertiary/aromatic N) is 6. The van der Waals surface area contributed by atoms with Gasteiger partial charge in [0.1, 0.15) is 11.7 Å². The lowest BCUT2D eigenvalue weighted by atomic mass is 9.77. The maximum atomic E-state index is 5.49. The summed E-state index contributed by atoms with van der Waals surface area (Å²) >= 11 is 0. The van der Waals surface area contributed by atoms with E-state index >= 15 is 0 Å². The quantitative estimate of drug-likeness (QED) is 0.208. The van der Waals surface area contributed by atoms with Gasteiger partial charge in [0.05, 0.1) is 34.9 Å². The Kier molecular flexibility index (Phi) is 7.95. The van der Waals surface area contributed by atoms with Crippen molar-refractivity contribution in [3.8, 4) is 22.4 Å². The van der Waals surface area contributed by atoms with Crippen LogP contribution in [0.2, 0.25) is 0 Å². The zero-order valence-electron chi connectivity index (χ0n) is 28.8. The third kappa shape index (κ3) is 5.47. The third-order valence-electron chi connectivity index (χ3n) is 11.1. The molecule has 2 aromatic carbocycles. The Labute approximate surface area is 294 Å². The number of fused-ring (bicyclic) bond motifs is 4. The van der Waals surface area contributed by atoms with Crippen LogP contribution in [0.25, 0.3) is 34.2 Å². The van der Waals surface area contributed by atoms with Crippen molar-refractivity contribution in [2.45, 2.75) is 70.9 Å². The highest BCUT2D eigenvalue weighted by Crippen LogP contribution is 2.43. The van der Waals surface area contributed by atoms with E-state index in [9.17, 15) is 0 Å². The normalized spacial score (nSPS) is 25.1. The van der Waals surface area contributed by atoms with Crippen molar-refractivity contribution >= 4 is 41.9 Å². The molecule has 6 nitrogen and oxygen atoms in total. The lowest BCUT2D eigenvalue weighted by Crippen LogP contribution is -2.44. The van der Waals surface area contributed by atoms with Crippen LogP contribution in [0.5, 0.6) is 0 Å². The Morgan fingerprint density at radius 2 is 1.74 bits per heavy atom. The second-order valence-corrected chi connectivity index (χ2v) is 14.2. The zero-order valence-corrected chi connectivity index (χ0v) is 28.8. The molecule has 0 radical (unpaired) electrons. The lowest BCUT2D eigenvalue weighted by Gasteiger charge is -2.41. The summed E-state index contributed by atoms with van der Waals surface area (Å²) in [7, 11) is 0. The molecule has 6 heteroatoms. The average molecular weight is 655 g/mol. The number of rotatable bonds is 3. The summed E-state index contributed by atoms with van der Waals surface area (Å²) in [4.78, 5) is 27.7. The number of anilines is 1. The zero-order chi connectivity index (χ0) is 33.6. The minimum Gasteiger partial charge on any atom is -0.292 e. The van der Waals surface area contributed by atoms with Gasteiger partial charge in [0.15, 0.2) is 0 Å². The lowest BCUT2D eigenvalue weighted by molar-refractivity contribution is 0.333. The molecule has 3 aromatic rings. The monoisotopic (exact) mass is 654 g/mol. The molecular formula is C44H42N6. The summed E-state index contributed by atoms with van der Waals surface area (Å²) in [6.07, 6.45) is 26.1. The molecular weight excluding hydrogens is 613 g/mol. The first-order chi connectivity index (χ1) is 24.6. The van der Waals surface area contributed by atoms with E-state index in [0.717, 1.165) is 84.8 Å². The van der Waals surface area contributed by atoms with E-state index in [1.165, 1.54) is 33.5 Å². The van der Waals surface area contributed by atoms with Gasteiger partial charge in [0, 0.05) is 35.9 Å². The molecule has 0 fully saturated rings. The molecule has 1 aromatic heterocycles. The molecule has 0 spiro atoms. The molecule has 5 heterocycles. The van der Waals surface area contributed by atoms with E-state index in [0.29, 0.717) is 11.8 Å². The molecule has 248 valence electrons. The first-order valence-electron chi connectivity index (χ1n) is 18.2. The van der Waals surface area contributed by atoms with Gasteiger partial charge in [-0.25, -0.2) is 9.98 Å². The van der Waals surface area contributed by atoms with E-state index in [1.807, 2.05) is 25.4 Å². The van der Waals surface area contributed by atoms with Gasteiger partial charge in [0.2, 0.25) is 0 Å². The van der Waals surface area contributed by atoms with Crippen molar-refractivity contribution in [2.75, 3.05) is 4.90 Å². The second-order valence-electron chi connectivity index (χ2n) is 14.2. The summed E-state index contributed by atoms with van der Waals surface area (Å²) in [5.41, 5.74) is 12.9. The molecule has 0 saturated heterocycles.